The van der Waals surface area contributed by atoms with Gasteiger partial charge in [0, 0.05) is 10.7 Å². The van der Waals surface area contributed by atoms with Gasteiger partial charge in [-0.05, 0) is 90.8 Å². The number of aryl methyl sites for hydroxylation is 1. The summed E-state index contributed by atoms with van der Waals surface area (Å²) in [7, 11) is 0. The van der Waals surface area contributed by atoms with Crippen molar-refractivity contribution in [2.24, 2.45) is 0 Å². The third-order valence-electron chi connectivity index (χ3n) is 6.36. The minimum absolute atomic E-state index is 0.00552. The van der Waals surface area contributed by atoms with E-state index in [0.29, 0.717) is 18.0 Å². The van der Waals surface area contributed by atoms with Crippen LogP contribution < -0.4 is 4.90 Å². The van der Waals surface area contributed by atoms with Crippen molar-refractivity contribution >= 4 is 34.9 Å². The lowest BCUT2D eigenvalue weighted by atomic mass is 9.87. The van der Waals surface area contributed by atoms with Gasteiger partial charge in [0.15, 0.2) is 0 Å². The minimum Gasteiger partial charge on any atom is -0.478 e. The Hall–Kier alpha value is -3.11. The number of amides is 1. The van der Waals surface area contributed by atoms with Crippen LogP contribution in [0.1, 0.15) is 57.3 Å². The maximum atomic E-state index is 13.7. The Labute approximate surface area is 186 Å². The van der Waals surface area contributed by atoms with Crippen LogP contribution >= 0.6 is 11.6 Å². The Morgan fingerprint density at radius 2 is 1.77 bits per heavy atom. The molecule has 0 bridgehead atoms. The number of fused-ring (bicyclic) bond motifs is 1. The molecule has 1 amide bonds. The second kappa shape index (κ2) is 7.54. The highest BCUT2D eigenvalue weighted by molar-refractivity contribution is 6.31. The maximum Gasteiger partial charge on any atom is 0.335 e. The van der Waals surface area contributed by atoms with Crippen molar-refractivity contribution in [1.82, 2.24) is 0 Å². The number of carbonyl (C=O) groups excluding carboxylic acids is 1. The molecule has 1 saturated carbocycles. The molecule has 156 valence electrons. The summed E-state index contributed by atoms with van der Waals surface area (Å²) in [5, 5.41) is 9.92. The van der Waals surface area contributed by atoms with Crippen molar-refractivity contribution in [2.45, 2.75) is 38.0 Å². The molecule has 5 rings (SSSR count). The van der Waals surface area contributed by atoms with Crippen molar-refractivity contribution in [1.29, 1.82) is 0 Å². The van der Waals surface area contributed by atoms with E-state index in [9.17, 15) is 14.7 Å². The van der Waals surface area contributed by atoms with Gasteiger partial charge in [-0.1, -0.05) is 35.9 Å². The number of hydrogen-bond donors (Lipinski definition) is 1. The summed E-state index contributed by atoms with van der Waals surface area (Å²) in [6.07, 6.45) is 2.90. The number of halogens is 1. The van der Waals surface area contributed by atoms with Crippen molar-refractivity contribution in [3.05, 3.63) is 93.5 Å². The molecule has 4 nitrogen and oxygen atoms in total. The zero-order valence-corrected chi connectivity index (χ0v) is 17.9. The molecule has 0 spiro atoms. The molecule has 1 heterocycles. The van der Waals surface area contributed by atoms with Crippen LogP contribution in [-0.4, -0.2) is 17.0 Å². The average Bonchev–Trinajstić information content (AvgIpc) is 3.55. The Bertz CT molecular complexity index is 1200. The van der Waals surface area contributed by atoms with Crippen LogP contribution in [0, 0.1) is 6.92 Å². The summed E-state index contributed by atoms with van der Waals surface area (Å²) in [5.41, 5.74) is 6.16. The molecule has 3 aromatic carbocycles. The third kappa shape index (κ3) is 3.41. The van der Waals surface area contributed by atoms with Gasteiger partial charge in [-0.3, -0.25) is 9.69 Å². The zero-order valence-electron chi connectivity index (χ0n) is 17.1. The third-order valence-corrected chi connectivity index (χ3v) is 6.72. The summed E-state index contributed by atoms with van der Waals surface area (Å²) < 4.78 is 0. The first-order chi connectivity index (χ1) is 15.0. The smallest absolute Gasteiger partial charge is 0.335 e. The van der Waals surface area contributed by atoms with Crippen LogP contribution in [0.15, 0.2) is 60.7 Å². The van der Waals surface area contributed by atoms with Crippen LogP contribution in [0.25, 0.3) is 0 Å². The number of carboxylic acid groups (broad SMARTS) is 1. The predicted octanol–water partition coefficient (Wildman–Crippen LogP) is 6.23. The second-order valence-corrected chi connectivity index (χ2v) is 8.78. The minimum atomic E-state index is -0.986. The monoisotopic (exact) mass is 431 g/mol. The van der Waals surface area contributed by atoms with Crippen LogP contribution in [0.5, 0.6) is 0 Å². The van der Waals surface area contributed by atoms with E-state index in [1.807, 2.05) is 37.3 Å². The lowest BCUT2D eigenvalue weighted by Crippen LogP contribution is -2.25. The van der Waals surface area contributed by atoms with Gasteiger partial charge in [0.25, 0.3) is 0 Å². The summed E-state index contributed by atoms with van der Waals surface area (Å²) in [6, 6.07) is 18.4. The first-order valence-electron chi connectivity index (χ1n) is 10.5. The quantitative estimate of drug-likeness (QED) is 0.521. The van der Waals surface area contributed by atoms with Crippen LogP contribution in [-0.2, 0) is 11.2 Å². The summed E-state index contributed by atoms with van der Waals surface area (Å²) in [6.45, 7) is 2.03. The predicted molar refractivity (Wildman–Crippen MR) is 122 cm³/mol. The molecular weight excluding hydrogens is 410 g/mol. The molecule has 0 radical (unpaired) electrons. The number of benzene rings is 3. The van der Waals surface area contributed by atoms with Gasteiger partial charge in [0.2, 0.25) is 5.91 Å². The van der Waals surface area contributed by atoms with Gasteiger partial charge in [-0.25, -0.2) is 4.79 Å². The normalized spacial score (nSPS) is 17.7. The molecule has 1 unspecified atom stereocenters. The highest BCUT2D eigenvalue weighted by Gasteiger charge is 2.40. The van der Waals surface area contributed by atoms with Crippen LogP contribution in [0.3, 0.4) is 0 Å². The second-order valence-electron chi connectivity index (χ2n) is 8.37. The fourth-order valence-corrected chi connectivity index (χ4v) is 4.95. The van der Waals surface area contributed by atoms with E-state index >= 15 is 0 Å². The summed E-state index contributed by atoms with van der Waals surface area (Å²) in [5.74, 6) is -0.775. The Morgan fingerprint density at radius 3 is 2.45 bits per heavy atom. The van der Waals surface area contributed by atoms with Gasteiger partial charge in [0.05, 0.1) is 17.2 Å². The molecule has 0 saturated heterocycles. The van der Waals surface area contributed by atoms with Crippen molar-refractivity contribution in [3.63, 3.8) is 0 Å². The van der Waals surface area contributed by atoms with Gasteiger partial charge in [-0.2, -0.15) is 0 Å². The number of aromatic carboxylic acids is 1. The SMILES string of the molecule is Cc1cccc2c1C(Cc1c(Cl)cccc1C1CC1)C(=O)N2c1ccc(C(=O)O)cc1. The number of hydrogen-bond acceptors (Lipinski definition) is 2. The van der Waals surface area contributed by atoms with E-state index in [2.05, 4.69) is 6.07 Å². The molecule has 1 aliphatic carbocycles. The van der Waals surface area contributed by atoms with E-state index in [-0.39, 0.29) is 17.4 Å². The molecule has 2 aliphatic rings. The van der Waals surface area contributed by atoms with E-state index in [0.717, 1.165) is 27.4 Å². The number of nitrogens with zero attached hydrogens (tertiary/aromatic N) is 1. The van der Waals surface area contributed by atoms with E-state index < -0.39 is 5.97 Å². The molecule has 1 fully saturated rings. The molecule has 1 N–H and O–H groups in total. The highest BCUT2D eigenvalue weighted by Crippen LogP contribution is 2.48. The molecule has 5 heteroatoms. The van der Waals surface area contributed by atoms with Gasteiger partial charge in [-0.15, -0.1) is 0 Å². The fraction of sp³-hybridized carbons (Fsp3) is 0.231. The number of carboxylic acids is 1. The fourth-order valence-electron chi connectivity index (χ4n) is 4.69. The van der Waals surface area contributed by atoms with Crippen LogP contribution in [0.4, 0.5) is 11.4 Å². The van der Waals surface area contributed by atoms with Gasteiger partial charge in [0.1, 0.15) is 0 Å². The van der Waals surface area contributed by atoms with E-state index in [1.54, 1.807) is 17.0 Å². The van der Waals surface area contributed by atoms with Crippen molar-refractivity contribution in [2.75, 3.05) is 4.90 Å². The zero-order chi connectivity index (χ0) is 21.7. The number of anilines is 2. The van der Waals surface area contributed by atoms with Crippen molar-refractivity contribution in [3.8, 4) is 0 Å². The first-order valence-corrected chi connectivity index (χ1v) is 10.9. The Morgan fingerprint density at radius 1 is 1.06 bits per heavy atom. The molecule has 1 atom stereocenters. The topological polar surface area (TPSA) is 57.6 Å². The van der Waals surface area contributed by atoms with Crippen LogP contribution in [0.2, 0.25) is 5.02 Å². The maximum absolute atomic E-state index is 13.7. The van der Waals surface area contributed by atoms with Gasteiger partial charge >= 0.3 is 5.97 Å². The molecular formula is C26H22ClNO3. The lowest BCUT2D eigenvalue weighted by molar-refractivity contribution is -0.118. The molecule has 0 aromatic heterocycles. The largest absolute Gasteiger partial charge is 0.478 e. The van der Waals surface area contributed by atoms with E-state index in [1.165, 1.54) is 30.5 Å². The highest BCUT2D eigenvalue weighted by atomic mass is 35.5. The van der Waals surface area contributed by atoms with Gasteiger partial charge < -0.3 is 5.11 Å². The Kier molecular flexibility index (Phi) is 4.82. The first kappa shape index (κ1) is 19.8. The standard InChI is InChI=1S/C26H22ClNO3/c1-15-4-2-7-23-24(15)21(14-20-19(16-8-9-16)5-3-6-22(20)27)25(29)28(23)18-12-10-17(11-13-18)26(30)31/h2-7,10-13,16,21H,8-9,14H2,1H3,(H,30,31). The summed E-state index contributed by atoms with van der Waals surface area (Å²) >= 11 is 6.61. The molecule has 31 heavy (non-hydrogen) atoms. The number of carbonyl (C=O) groups is 2. The van der Waals surface area contributed by atoms with Crippen molar-refractivity contribution < 1.29 is 14.7 Å². The Balaban J connectivity index is 1.58. The molecule has 1 aliphatic heterocycles. The van der Waals surface area contributed by atoms with E-state index in [4.69, 9.17) is 11.6 Å². The average molecular weight is 432 g/mol. The number of rotatable bonds is 5. The molecule has 3 aromatic rings. The summed E-state index contributed by atoms with van der Waals surface area (Å²) in [4.78, 5) is 26.7. The lowest BCUT2D eigenvalue weighted by Gasteiger charge is -2.19.